The first kappa shape index (κ1) is 18.9. The Morgan fingerprint density at radius 3 is 2.33 bits per heavy atom. The number of methoxy groups -OCH3 is 2. The molecule has 0 aliphatic carbocycles. The second-order valence-electron chi connectivity index (χ2n) is 6.06. The molecule has 1 aromatic heterocycles. The van der Waals surface area contributed by atoms with Crippen molar-refractivity contribution >= 4 is 17.2 Å². The van der Waals surface area contributed by atoms with Gasteiger partial charge in [0.25, 0.3) is 5.91 Å². The minimum Gasteiger partial charge on any atom is -0.496 e. The van der Waals surface area contributed by atoms with Gasteiger partial charge < -0.3 is 14.8 Å². The van der Waals surface area contributed by atoms with Crippen LogP contribution >= 0.6 is 11.3 Å². The summed E-state index contributed by atoms with van der Waals surface area (Å²) in [6.45, 7) is 4.43. The average molecular weight is 382 g/mol. The number of aryl methyl sites for hydroxylation is 2. The number of ether oxygens (including phenoxy) is 2. The number of thiazole rings is 1. The average Bonchev–Trinajstić information content (AvgIpc) is 3.06. The quantitative estimate of drug-likeness (QED) is 0.687. The molecule has 0 atom stereocenters. The Balaban J connectivity index is 1.80. The minimum atomic E-state index is -0.241. The number of carbonyl (C=O) groups is 1. The van der Waals surface area contributed by atoms with Crippen LogP contribution < -0.4 is 14.8 Å². The Kier molecular flexibility index (Phi) is 5.76. The molecule has 2 aromatic carbocycles. The lowest BCUT2D eigenvalue weighted by Gasteiger charge is -2.12. The Bertz CT molecular complexity index is 944. The summed E-state index contributed by atoms with van der Waals surface area (Å²) in [5.74, 6) is 0.719. The molecule has 5 nitrogen and oxygen atoms in total. The van der Waals surface area contributed by atoms with Crippen molar-refractivity contribution < 1.29 is 14.3 Å². The molecule has 0 fully saturated rings. The van der Waals surface area contributed by atoms with Crippen molar-refractivity contribution in [2.24, 2.45) is 0 Å². The Morgan fingerprint density at radius 2 is 1.70 bits per heavy atom. The first-order valence-corrected chi connectivity index (χ1v) is 9.38. The van der Waals surface area contributed by atoms with Crippen LogP contribution in [-0.4, -0.2) is 25.1 Å². The zero-order valence-electron chi connectivity index (χ0n) is 15.8. The van der Waals surface area contributed by atoms with E-state index in [1.54, 1.807) is 29.5 Å². The van der Waals surface area contributed by atoms with E-state index in [4.69, 9.17) is 9.47 Å². The highest BCUT2D eigenvalue weighted by Crippen LogP contribution is 2.31. The van der Waals surface area contributed by atoms with E-state index in [1.807, 2.05) is 19.1 Å². The molecule has 1 amide bonds. The number of hydrogen-bond donors (Lipinski definition) is 1. The van der Waals surface area contributed by atoms with Gasteiger partial charge in [-0.2, -0.15) is 0 Å². The zero-order valence-corrected chi connectivity index (χ0v) is 16.6. The van der Waals surface area contributed by atoms with Gasteiger partial charge in [0.1, 0.15) is 22.1 Å². The van der Waals surface area contributed by atoms with Gasteiger partial charge >= 0.3 is 0 Å². The summed E-state index contributed by atoms with van der Waals surface area (Å²) in [5, 5.41) is 3.92. The van der Waals surface area contributed by atoms with Gasteiger partial charge in [0.2, 0.25) is 0 Å². The molecule has 0 aliphatic heterocycles. The largest absolute Gasteiger partial charge is 0.496 e. The number of benzene rings is 2. The summed E-state index contributed by atoms with van der Waals surface area (Å²) in [4.78, 5) is 18.4. The van der Waals surface area contributed by atoms with E-state index in [9.17, 15) is 4.79 Å². The lowest BCUT2D eigenvalue weighted by molar-refractivity contribution is 0.0945. The number of nitrogens with one attached hydrogen (secondary N) is 1. The third kappa shape index (κ3) is 3.95. The molecule has 0 saturated heterocycles. The highest BCUT2D eigenvalue weighted by molar-refractivity contribution is 7.15. The number of hydrogen-bond acceptors (Lipinski definition) is 5. The van der Waals surface area contributed by atoms with Crippen LogP contribution in [0.3, 0.4) is 0 Å². The van der Waals surface area contributed by atoms with Crippen LogP contribution in [0, 0.1) is 13.8 Å². The molecular weight excluding hydrogens is 360 g/mol. The molecule has 0 saturated carbocycles. The molecule has 0 aliphatic rings. The molecule has 3 aromatic rings. The first-order valence-electron chi connectivity index (χ1n) is 8.56. The maximum atomic E-state index is 12.7. The maximum Gasteiger partial charge on any atom is 0.259 e. The van der Waals surface area contributed by atoms with Crippen molar-refractivity contribution in [2.75, 3.05) is 14.2 Å². The molecular formula is C21H22N2O3S. The fraction of sp³-hybridized carbons (Fsp3) is 0.238. The van der Waals surface area contributed by atoms with Gasteiger partial charge in [0, 0.05) is 10.4 Å². The van der Waals surface area contributed by atoms with Gasteiger partial charge in [-0.1, -0.05) is 30.3 Å². The van der Waals surface area contributed by atoms with E-state index in [2.05, 4.69) is 29.4 Å². The van der Waals surface area contributed by atoms with E-state index < -0.39 is 0 Å². The number of nitrogens with zero attached hydrogens (tertiary/aromatic N) is 1. The monoisotopic (exact) mass is 382 g/mol. The second-order valence-corrected chi connectivity index (χ2v) is 7.15. The summed E-state index contributed by atoms with van der Waals surface area (Å²) in [7, 11) is 3.07. The van der Waals surface area contributed by atoms with Crippen molar-refractivity contribution in [3.63, 3.8) is 0 Å². The van der Waals surface area contributed by atoms with Crippen LogP contribution in [0.4, 0.5) is 0 Å². The van der Waals surface area contributed by atoms with Crippen molar-refractivity contribution in [1.29, 1.82) is 0 Å². The number of aromatic nitrogens is 1. The fourth-order valence-corrected chi connectivity index (χ4v) is 3.94. The minimum absolute atomic E-state index is 0.241. The molecule has 1 N–H and O–H groups in total. The van der Waals surface area contributed by atoms with Crippen molar-refractivity contribution in [1.82, 2.24) is 10.3 Å². The van der Waals surface area contributed by atoms with E-state index in [0.717, 1.165) is 21.1 Å². The van der Waals surface area contributed by atoms with Crippen molar-refractivity contribution in [3.05, 3.63) is 64.2 Å². The van der Waals surface area contributed by atoms with Gasteiger partial charge in [0.05, 0.1) is 26.5 Å². The Hall–Kier alpha value is -2.86. The summed E-state index contributed by atoms with van der Waals surface area (Å²) >= 11 is 1.60. The van der Waals surface area contributed by atoms with Crippen molar-refractivity contribution in [3.8, 4) is 22.1 Å². The van der Waals surface area contributed by atoms with Gasteiger partial charge in [-0.25, -0.2) is 4.98 Å². The number of rotatable bonds is 6. The molecule has 0 radical (unpaired) electrons. The highest BCUT2D eigenvalue weighted by atomic mass is 32.1. The summed E-state index contributed by atoms with van der Waals surface area (Å²) < 4.78 is 10.6. The van der Waals surface area contributed by atoms with E-state index in [-0.39, 0.29) is 5.91 Å². The van der Waals surface area contributed by atoms with Crippen molar-refractivity contribution in [2.45, 2.75) is 20.4 Å². The number of amides is 1. The smallest absolute Gasteiger partial charge is 0.259 e. The standard InChI is InChI=1S/C21H22N2O3S/c1-13-8-5-6-9-15(13)21-23-14(2)18(27-21)12-22-20(24)19-16(25-3)10-7-11-17(19)26-4/h5-11H,12H2,1-4H3,(H,22,24). The molecule has 27 heavy (non-hydrogen) atoms. The SMILES string of the molecule is COc1cccc(OC)c1C(=O)NCc1sc(-c2ccccc2C)nc1C. The van der Waals surface area contributed by atoms with Crippen LogP contribution in [0.2, 0.25) is 0 Å². The third-order valence-electron chi connectivity index (χ3n) is 4.33. The topological polar surface area (TPSA) is 60.5 Å². The van der Waals surface area contributed by atoms with Gasteiger partial charge in [-0.05, 0) is 31.5 Å². The van der Waals surface area contributed by atoms with Crippen LogP contribution in [0.1, 0.15) is 26.5 Å². The van der Waals surface area contributed by atoms with Crippen LogP contribution in [-0.2, 0) is 6.54 Å². The molecule has 3 rings (SSSR count). The third-order valence-corrected chi connectivity index (χ3v) is 5.52. The maximum absolute atomic E-state index is 12.7. The molecule has 1 heterocycles. The normalized spacial score (nSPS) is 10.5. The van der Waals surface area contributed by atoms with Gasteiger partial charge in [0.15, 0.2) is 0 Å². The van der Waals surface area contributed by atoms with E-state index >= 15 is 0 Å². The van der Waals surface area contributed by atoms with Gasteiger partial charge in [-0.3, -0.25) is 4.79 Å². The molecule has 0 unspecified atom stereocenters. The van der Waals surface area contributed by atoms with E-state index in [0.29, 0.717) is 23.6 Å². The van der Waals surface area contributed by atoms with Crippen LogP contribution in [0.15, 0.2) is 42.5 Å². The van der Waals surface area contributed by atoms with Crippen LogP contribution in [0.5, 0.6) is 11.5 Å². The lowest BCUT2D eigenvalue weighted by atomic mass is 10.1. The summed E-state index contributed by atoms with van der Waals surface area (Å²) in [6.07, 6.45) is 0. The predicted octanol–water partition coefficient (Wildman–Crippen LogP) is 4.37. The first-order chi connectivity index (χ1) is 13.0. The van der Waals surface area contributed by atoms with Gasteiger partial charge in [-0.15, -0.1) is 11.3 Å². The molecule has 0 spiro atoms. The molecule has 0 bridgehead atoms. The number of carbonyl (C=O) groups excluding carboxylic acids is 1. The lowest BCUT2D eigenvalue weighted by Crippen LogP contribution is -2.24. The second kappa shape index (κ2) is 8.22. The zero-order chi connectivity index (χ0) is 19.4. The van der Waals surface area contributed by atoms with Crippen LogP contribution in [0.25, 0.3) is 10.6 Å². The molecule has 140 valence electrons. The van der Waals surface area contributed by atoms with E-state index in [1.165, 1.54) is 19.8 Å². The Labute approximate surface area is 163 Å². The fourth-order valence-electron chi connectivity index (χ4n) is 2.84. The predicted molar refractivity (Wildman–Crippen MR) is 108 cm³/mol. The highest BCUT2D eigenvalue weighted by Gasteiger charge is 2.19. The summed E-state index contributed by atoms with van der Waals surface area (Å²) in [6, 6.07) is 13.4. The Morgan fingerprint density at radius 1 is 1.04 bits per heavy atom. The summed E-state index contributed by atoms with van der Waals surface area (Å²) in [5.41, 5.74) is 3.62. The molecule has 6 heteroatoms.